The zero-order valence-corrected chi connectivity index (χ0v) is 13.6. The number of nitrogens with one attached hydrogen (secondary N) is 1. The van der Waals surface area contributed by atoms with Gasteiger partial charge in [-0.3, -0.25) is 0 Å². The van der Waals surface area contributed by atoms with Crippen LogP contribution in [-0.4, -0.2) is 31.1 Å². The molecule has 1 N–H and O–H groups in total. The lowest BCUT2D eigenvalue weighted by molar-refractivity contribution is 0.189. The average molecular weight is 313 g/mol. The molecule has 1 aliphatic carbocycles. The largest absolute Gasteiger partial charge is 0.313 e. The molecule has 21 heavy (non-hydrogen) atoms. The van der Waals surface area contributed by atoms with Crippen molar-refractivity contribution < 1.29 is 4.39 Å². The fraction of sp³-hybridized carbons (Fsp3) is 0.647. The van der Waals surface area contributed by atoms with E-state index in [0.29, 0.717) is 11.6 Å². The van der Waals surface area contributed by atoms with Crippen molar-refractivity contribution in [3.63, 3.8) is 0 Å². The second kappa shape index (κ2) is 8.72. The first kappa shape index (κ1) is 16.7. The number of nitrogens with zero attached hydrogens (tertiary/aromatic N) is 1. The van der Waals surface area contributed by atoms with Crippen molar-refractivity contribution in [2.24, 2.45) is 0 Å². The van der Waals surface area contributed by atoms with E-state index in [1.807, 2.05) is 0 Å². The Morgan fingerprint density at radius 3 is 2.76 bits per heavy atom. The highest BCUT2D eigenvalue weighted by Gasteiger charge is 2.17. The molecule has 2 rings (SSSR count). The first-order chi connectivity index (χ1) is 10.2. The van der Waals surface area contributed by atoms with Crippen LogP contribution in [-0.2, 0) is 6.54 Å². The lowest BCUT2D eigenvalue weighted by Gasteiger charge is -2.31. The Hall–Kier alpha value is -0.640. The third-order valence-electron chi connectivity index (χ3n) is 4.39. The molecule has 0 spiro atoms. The molecule has 0 bridgehead atoms. The van der Waals surface area contributed by atoms with Gasteiger partial charge in [-0.05, 0) is 57.1 Å². The minimum absolute atomic E-state index is 0.280. The summed E-state index contributed by atoms with van der Waals surface area (Å²) in [5.74, 6) is -0.280. The van der Waals surface area contributed by atoms with Crippen LogP contribution in [0.3, 0.4) is 0 Å². The predicted molar refractivity (Wildman–Crippen MR) is 87.2 cm³/mol. The molecule has 0 radical (unpaired) electrons. The topological polar surface area (TPSA) is 15.3 Å². The van der Waals surface area contributed by atoms with Crippen LogP contribution in [0.4, 0.5) is 4.39 Å². The number of hydrogen-bond donors (Lipinski definition) is 1. The lowest BCUT2D eigenvalue weighted by atomic mass is 9.94. The molecule has 1 aromatic rings. The third-order valence-corrected chi connectivity index (χ3v) is 4.74. The Morgan fingerprint density at radius 2 is 2.05 bits per heavy atom. The predicted octanol–water partition coefficient (Wildman–Crippen LogP) is 4.22. The maximum Gasteiger partial charge on any atom is 0.124 e. The van der Waals surface area contributed by atoms with Crippen LogP contribution in [0.25, 0.3) is 0 Å². The first-order valence-electron chi connectivity index (χ1n) is 8.01. The molecule has 0 saturated heterocycles. The second-order valence-corrected chi connectivity index (χ2v) is 6.45. The standard InChI is InChI=1S/C17H26ClFN2/c1-21(16-6-3-2-4-7-16)11-5-10-20-13-14-8-9-15(19)12-17(14)18/h8-9,12,16,20H,2-7,10-11,13H2,1H3. The van der Waals surface area contributed by atoms with E-state index in [2.05, 4.69) is 17.3 Å². The molecule has 0 heterocycles. The molecular weight excluding hydrogens is 287 g/mol. The molecule has 1 aromatic carbocycles. The van der Waals surface area contributed by atoms with E-state index in [-0.39, 0.29) is 5.82 Å². The van der Waals surface area contributed by atoms with Crippen LogP contribution < -0.4 is 5.32 Å². The molecular formula is C17H26ClFN2. The van der Waals surface area contributed by atoms with Gasteiger partial charge in [-0.1, -0.05) is 36.9 Å². The van der Waals surface area contributed by atoms with Crippen molar-refractivity contribution >= 4 is 11.6 Å². The van der Waals surface area contributed by atoms with Gasteiger partial charge in [0.15, 0.2) is 0 Å². The van der Waals surface area contributed by atoms with Crippen LogP contribution in [0.5, 0.6) is 0 Å². The third kappa shape index (κ3) is 5.57. The molecule has 0 atom stereocenters. The fourth-order valence-corrected chi connectivity index (χ4v) is 3.28. The van der Waals surface area contributed by atoms with E-state index in [1.54, 1.807) is 6.07 Å². The Kier molecular flexibility index (Phi) is 6.94. The first-order valence-corrected chi connectivity index (χ1v) is 8.39. The van der Waals surface area contributed by atoms with E-state index in [9.17, 15) is 4.39 Å². The molecule has 2 nitrogen and oxygen atoms in total. The van der Waals surface area contributed by atoms with Crippen molar-refractivity contribution in [3.05, 3.63) is 34.6 Å². The van der Waals surface area contributed by atoms with Crippen molar-refractivity contribution in [1.29, 1.82) is 0 Å². The molecule has 0 amide bonds. The summed E-state index contributed by atoms with van der Waals surface area (Å²) in [6, 6.07) is 5.36. The van der Waals surface area contributed by atoms with Gasteiger partial charge < -0.3 is 10.2 Å². The van der Waals surface area contributed by atoms with Gasteiger partial charge in [0.25, 0.3) is 0 Å². The highest BCUT2D eigenvalue weighted by Crippen LogP contribution is 2.21. The maximum atomic E-state index is 12.9. The van der Waals surface area contributed by atoms with Crippen LogP contribution in [0.1, 0.15) is 44.1 Å². The smallest absolute Gasteiger partial charge is 0.124 e. The summed E-state index contributed by atoms with van der Waals surface area (Å²) in [7, 11) is 2.24. The van der Waals surface area contributed by atoms with Crippen molar-refractivity contribution in [2.45, 2.75) is 51.1 Å². The van der Waals surface area contributed by atoms with Gasteiger partial charge in [0.1, 0.15) is 5.82 Å². The molecule has 1 fully saturated rings. The Balaban J connectivity index is 1.61. The summed E-state index contributed by atoms with van der Waals surface area (Å²) in [5, 5.41) is 3.89. The summed E-state index contributed by atoms with van der Waals surface area (Å²) >= 11 is 6.01. The fourth-order valence-electron chi connectivity index (χ4n) is 3.05. The summed E-state index contributed by atoms with van der Waals surface area (Å²) in [6.45, 7) is 2.80. The normalized spacial score (nSPS) is 16.6. The zero-order valence-electron chi connectivity index (χ0n) is 12.9. The van der Waals surface area contributed by atoms with E-state index >= 15 is 0 Å². The van der Waals surface area contributed by atoms with Gasteiger partial charge in [-0.25, -0.2) is 4.39 Å². The molecule has 0 aromatic heterocycles. The lowest BCUT2D eigenvalue weighted by Crippen LogP contribution is -2.35. The van der Waals surface area contributed by atoms with Crippen LogP contribution in [0.15, 0.2) is 18.2 Å². The monoisotopic (exact) mass is 312 g/mol. The summed E-state index contributed by atoms with van der Waals surface area (Å²) < 4.78 is 12.9. The van der Waals surface area contributed by atoms with E-state index < -0.39 is 0 Å². The summed E-state index contributed by atoms with van der Waals surface area (Å²) in [5.41, 5.74) is 0.957. The quantitative estimate of drug-likeness (QED) is 0.758. The number of halogens is 2. The van der Waals surface area contributed by atoms with Gasteiger partial charge in [-0.15, -0.1) is 0 Å². The molecule has 118 valence electrons. The van der Waals surface area contributed by atoms with E-state index in [4.69, 9.17) is 11.6 Å². The molecule has 0 aliphatic heterocycles. The molecule has 1 aliphatic rings. The minimum atomic E-state index is -0.280. The van der Waals surface area contributed by atoms with Gasteiger partial charge in [0, 0.05) is 17.6 Å². The SMILES string of the molecule is CN(CCCNCc1ccc(F)cc1Cl)C1CCCCC1. The Morgan fingerprint density at radius 1 is 1.29 bits per heavy atom. The average Bonchev–Trinajstić information content (AvgIpc) is 2.49. The summed E-state index contributed by atoms with van der Waals surface area (Å²) in [6.07, 6.45) is 8.02. The van der Waals surface area contributed by atoms with Crippen LogP contribution >= 0.6 is 11.6 Å². The molecule has 0 unspecified atom stereocenters. The van der Waals surface area contributed by atoms with E-state index in [1.165, 1.54) is 44.2 Å². The highest BCUT2D eigenvalue weighted by molar-refractivity contribution is 6.31. The Labute approximate surface area is 132 Å². The minimum Gasteiger partial charge on any atom is -0.313 e. The highest BCUT2D eigenvalue weighted by atomic mass is 35.5. The van der Waals surface area contributed by atoms with Crippen LogP contribution in [0, 0.1) is 5.82 Å². The second-order valence-electron chi connectivity index (χ2n) is 6.04. The van der Waals surface area contributed by atoms with Crippen molar-refractivity contribution in [1.82, 2.24) is 10.2 Å². The maximum absolute atomic E-state index is 12.9. The number of benzene rings is 1. The zero-order chi connectivity index (χ0) is 15.1. The van der Waals surface area contributed by atoms with Gasteiger partial charge in [0.05, 0.1) is 0 Å². The Bertz CT molecular complexity index is 433. The van der Waals surface area contributed by atoms with Crippen molar-refractivity contribution in [3.8, 4) is 0 Å². The van der Waals surface area contributed by atoms with Gasteiger partial charge >= 0.3 is 0 Å². The van der Waals surface area contributed by atoms with E-state index in [0.717, 1.165) is 31.1 Å². The number of rotatable bonds is 7. The van der Waals surface area contributed by atoms with Gasteiger partial charge in [-0.2, -0.15) is 0 Å². The van der Waals surface area contributed by atoms with Crippen molar-refractivity contribution in [2.75, 3.05) is 20.1 Å². The molecule has 4 heteroatoms. The molecule has 1 saturated carbocycles. The number of hydrogen-bond acceptors (Lipinski definition) is 2. The van der Waals surface area contributed by atoms with Crippen LogP contribution in [0.2, 0.25) is 5.02 Å². The summed E-state index contributed by atoms with van der Waals surface area (Å²) in [4.78, 5) is 2.51. The van der Waals surface area contributed by atoms with Gasteiger partial charge in [0.2, 0.25) is 0 Å².